The van der Waals surface area contributed by atoms with Crippen molar-refractivity contribution in [2.24, 2.45) is 0 Å². The molecule has 1 aliphatic heterocycles. The number of likely N-dealkylation sites (tertiary alicyclic amines) is 1. The number of amides is 2. The number of halogens is 1. The monoisotopic (exact) mass is 353 g/mol. The van der Waals surface area contributed by atoms with E-state index in [1.54, 1.807) is 39.8 Å². The van der Waals surface area contributed by atoms with Gasteiger partial charge >= 0.3 is 6.09 Å². The lowest BCUT2D eigenvalue weighted by molar-refractivity contribution is -0.120. The summed E-state index contributed by atoms with van der Waals surface area (Å²) in [5.41, 5.74) is 7.04. The summed E-state index contributed by atoms with van der Waals surface area (Å²) in [5.74, 6) is -0.271. The summed E-state index contributed by atoms with van der Waals surface area (Å²) in [5, 5.41) is 3.34. The zero-order valence-corrected chi connectivity index (χ0v) is 15.2. The molecule has 1 fully saturated rings. The van der Waals surface area contributed by atoms with Gasteiger partial charge in [-0.1, -0.05) is 11.6 Å². The second kappa shape index (κ2) is 6.89. The van der Waals surface area contributed by atoms with E-state index in [2.05, 4.69) is 5.32 Å². The maximum atomic E-state index is 12.6. The van der Waals surface area contributed by atoms with Gasteiger partial charge in [-0.2, -0.15) is 0 Å². The first-order valence-electron chi connectivity index (χ1n) is 7.95. The molecule has 3 N–H and O–H groups in total. The first kappa shape index (κ1) is 18.4. The predicted molar refractivity (Wildman–Crippen MR) is 95.2 cm³/mol. The minimum atomic E-state index is -0.599. The first-order valence-corrected chi connectivity index (χ1v) is 8.33. The molecule has 1 heterocycles. The van der Waals surface area contributed by atoms with E-state index in [-0.39, 0.29) is 5.91 Å². The third-order valence-corrected chi connectivity index (χ3v) is 4.30. The normalized spacial score (nSPS) is 17.7. The Labute approximate surface area is 147 Å². The number of benzene rings is 1. The first-order chi connectivity index (χ1) is 11.1. The second-order valence-electron chi connectivity index (χ2n) is 6.95. The SMILES string of the molecule is Cc1c(Cl)ccc(NC(=O)C2CCCN2C(=O)OC(C)(C)C)c1N. The number of anilines is 2. The molecule has 1 saturated heterocycles. The van der Waals surface area contributed by atoms with Gasteiger partial charge in [0.2, 0.25) is 5.91 Å². The number of ether oxygens (including phenoxy) is 1. The van der Waals surface area contributed by atoms with Crippen LogP contribution in [0.5, 0.6) is 0 Å². The number of carbonyl (C=O) groups is 2. The summed E-state index contributed by atoms with van der Waals surface area (Å²) in [6, 6.07) is 2.79. The molecule has 0 bridgehead atoms. The number of nitrogens with one attached hydrogen (secondary N) is 1. The van der Waals surface area contributed by atoms with Crippen LogP contribution in [0.15, 0.2) is 12.1 Å². The Kier molecular flexibility index (Phi) is 5.28. The lowest BCUT2D eigenvalue weighted by Gasteiger charge is -2.28. The number of nitrogens with two attached hydrogens (primary N) is 1. The van der Waals surface area contributed by atoms with Crippen molar-refractivity contribution in [3.63, 3.8) is 0 Å². The van der Waals surface area contributed by atoms with Gasteiger partial charge in [0, 0.05) is 11.6 Å². The van der Waals surface area contributed by atoms with E-state index in [9.17, 15) is 9.59 Å². The topological polar surface area (TPSA) is 84.7 Å². The van der Waals surface area contributed by atoms with Gasteiger partial charge in [-0.3, -0.25) is 9.69 Å². The van der Waals surface area contributed by atoms with E-state index in [0.29, 0.717) is 34.9 Å². The molecule has 1 unspecified atom stereocenters. The number of nitrogen functional groups attached to an aromatic ring is 1. The Morgan fingerprint density at radius 3 is 2.67 bits per heavy atom. The molecule has 0 aliphatic carbocycles. The quantitative estimate of drug-likeness (QED) is 0.796. The van der Waals surface area contributed by atoms with Crippen LogP contribution in [0.4, 0.5) is 16.2 Å². The molecule has 1 aromatic carbocycles. The summed E-state index contributed by atoms with van der Waals surface area (Å²) >= 11 is 6.01. The van der Waals surface area contributed by atoms with E-state index in [4.69, 9.17) is 22.1 Å². The summed E-state index contributed by atoms with van der Waals surface area (Å²) in [6.07, 6.45) is 0.879. The fraction of sp³-hybridized carbons (Fsp3) is 0.529. The van der Waals surface area contributed by atoms with Crippen LogP contribution in [0.25, 0.3) is 0 Å². The molecular formula is C17H24ClN3O3. The van der Waals surface area contributed by atoms with Crippen LogP contribution in [0.3, 0.4) is 0 Å². The molecule has 132 valence electrons. The van der Waals surface area contributed by atoms with Crippen molar-refractivity contribution >= 4 is 35.0 Å². The second-order valence-corrected chi connectivity index (χ2v) is 7.36. The zero-order valence-electron chi connectivity index (χ0n) is 14.5. The van der Waals surface area contributed by atoms with Crippen LogP contribution in [0, 0.1) is 6.92 Å². The van der Waals surface area contributed by atoms with Crippen molar-refractivity contribution in [3.05, 3.63) is 22.7 Å². The van der Waals surface area contributed by atoms with E-state index in [0.717, 1.165) is 6.42 Å². The van der Waals surface area contributed by atoms with Crippen LogP contribution in [0.1, 0.15) is 39.2 Å². The molecule has 0 spiro atoms. The van der Waals surface area contributed by atoms with Crippen molar-refractivity contribution < 1.29 is 14.3 Å². The average molecular weight is 354 g/mol. The number of hydrogen-bond donors (Lipinski definition) is 2. The van der Waals surface area contributed by atoms with Crippen LogP contribution in [0.2, 0.25) is 5.02 Å². The van der Waals surface area contributed by atoms with Gasteiger partial charge in [0.25, 0.3) is 0 Å². The standard InChI is InChI=1S/C17H24ClN3O3/c1-10-11(18)7-8-12(14(10)19)20-15(22)13-6-5-9-21(13)16(23)24-17(2,3)4/h7-8,13H,5-6,9,19H2,1-4H3,(H,20,22). The Morgan fingerprint density at radius 1 is 1.38 bits per heavy atom. The Morgan fingerprint density at radius 2 is 2.04 bits per heavy atom. The van der Waals surface area contributed by atoms with Crippen LogP contribution < -0.4 is 11.1 Å². The highest BCUT2D eigenvalue weighted by Gasteiger charge is 2.36. The highest BCUT2D eigenvalue weighted by atomic mass is 35.5. The summed E-state index contributed by atoms with van der Waals surface area (Å²) in [7, 11) is 0. The molecule has 2 rings (SSSR count). The van der Waals surface area contributed by atoms with Crippen LogP contribution in [-0.2, 0) is 9.53 Å². The van der Waals surface area contributed by atoms with Crippen LogP contribution in [-0.4, -0.2) is 35.1 Å². The Hall–Kier alpha value is -1.95. The summed E-state index contributed by atoms with van der Waals surface area (Å²) in [4.78, 5) is 26.3. The number of hydrogen-bond acceptors (Lipinski definition) is 4. The molecule has 0 saturated carbocycles. The summed E-state index contributed by atoms with van der Waals surface area (Å²) < 4.78 is 5.38. The predicted octanol–water partition coefficient (Wildman–Crippen LogP) is 3.57. The van der Waals surface area contributed by atoms with Crippen molar-refractivity contribution in [1.82, 2.24) is 4.90 Å². The van der Waals surface area contributed by atoms with E-state index in [1.165, 1.54) is 4.90 Å². The number of nitrogens with zero attached hydrogens (tertiary/aromatic N) is 1. The highest BCUT2D eigenvalue weighted by molar-refractivity contribution is 6.32. The Bertz CT molecular complexity index is 655. The van der Waals surface area contributed by atoms with Gasteiger partial charge in [-0.25, -0.2) is 4.79 Å². The Balaban J connectivity index is 2.11. The zero-order chi connectivity index (χ0) is 18.1. The lowest BCUT2D eigenvalue weighted by atomic mass is 10.1. The molecular weight excluding hydrogens is 330 g/mol. The third kappa shape index (κ3) is 4.12. The fourth-order valence-electron chi connectivity index (χ4n) is 2.61. The minimum Gasteiger partial charge on any atom is -0.444 e. The molecule has 6 nitrogen and oxygen atoms in total. The molecule has 1 aromatic rings. The minimum absolute atomic E-state index is 0.271. The molecule has 1 aliphatic rings. The van der Waals surface area contributed by atoms with Gasteiger partial charge in [0.05, 0.1) is 11.4 Å². The molecule has 7 heteroatoms. The van der Waals surface area contributed by atoms with Crippen molar-refractivity contribution in [2.75, 3.05) is 17.6 Å². The van der Waals surface area contributed by atoms with Crippen molar-refractivity contribution in [2.45, 2.75) is 52.2 Å². The maximum Gasteiger partial charge on any atom is 0.410 e. The molecule has 24 heavy (non-hydrogen) atoms. The van der Waals surface area contributed by atoms with Gasteiger partial charge in [0.1, 0.15) is 11.6 Å². The van der Waals surface area contributed by atoms with E-state index >= 15 is 0 Å². The van der Waals surface area contributed by atoms with Gasteiger partial charge in [-0.15, -0.1) is 0 Å². The highest BCUT2D eigenvalue weighted by Crippen LogP contribution is 2.29. The molecule has 1 atom stereocenters. The lowest BCUT2D eigenvalue weighted by Crippen LogP contribution is -2.45. The van der Waals surface area contributed by atoms with Crippen molar-refractivity contribution in [1.29, 1.82) is 0 Å². The summed E-state index contributed by atoms with van der Waals surface area (Å²) in [6.45, 7) is 7.69. The fourth-order valence-corrected chi connectivity index (χ4v) is 2.77. The average Bonchev–Trinajstić information content (AvgIpc) is 2.96. The van der Waals surface area contributed by atoms with Gasteiger partial charge < -0.3 is 15.8 Å². The van der Waals surface area contributed by atoms with E-state index < -0.39 is 17.7 Å². The van der Waals surface area contributed by atoms with Gasteiger partial charge in [-0.05, 0) is 58.2 Å². The van der Waals surface area contributed by atoms with Crippen molar-refractivity contribution in [3.8, 4) is 0 Å². The number of rotatable bonds is 2. The smallest absolute Gasteiger partial charge is 0.410 e. The molecule has 2 amide bonds. The van der Waals surface area contributed by atoms with E-state index in [1.807, 2.05) is 0 Å². The maximum absolute atomic E-state index is 12.6. The molecule has 0 radical (unpaired) electrons. The largest absolute Gasteiger partial charge is 0.444 e. The molecule has 0 aromatic heterocycles. The third-order valence-electron chi connectivity index (χ3n) is 3.89. The number of carbonyl (C=O) groups excluding carboxylic acids is 2. The van der Waals surface area contributed by atoms with Gasteiger partial charge in [0.15, 0.2) is 0 Å². The van der Waals surface area contributed by atoms with Crippen LogP contribution >= 0.6 is 11.6 Å².